The molecule has 0 spiro atoms. The van der Waals surface area contributed by atoms with Gasteiger partial charge in [-0.15, -0.1) is 11.6 Å². The molecule has 1 unspecified atom stereocenters. The zero-order valence-corrected chi connectivity index (χ0v) is 10.7. The van der Waals surface area contributed by atoms with Crippen LogP contribution >= 0.6 is 11.6 Å². The number of likely N-dealkylation sites (tertiary alicyclic amines) is 1. The lowest BCUT2D eigenvalue weighted by molar-refractivity contribution is -0.131. The van der Waals surface area contributed by atoms with Crippen LogP contribution in [-0.2, 0) is 11.2 Å². The Labute approximate surface area is 108 Å². The first-order valence-electron chi connectivity index (χ1n) is 6.21. The minimum absolute atomic E-state index is 0.143. The molecule has 1 aromatic rings. The van der Waals surface area contributed by atoms with E-state index in [2.05, 4.69) is 12.1 Å². The highest BCUT2D eigenvalue weighted by molar-refractivity contribution is 6.20. The Morgan fingerprint density at radius 3 is 2.82 bits per heavy atom. The van der Waals surface area contributed by atoms with E-state index in [4.69, 9.17) is 11.6 Å². The van der Waals surface area contributed by atoms with E-state index in [0.717, 1.165) is 32.4 Å². The van der Waals surface area contributed by atoms with Gasteiger partial charge in [-0.25, -0.2) is 0 Å². The molecule has 1 fully saturated rings. The number of hydrogen-bond acceptors (Lipinski definition) is 1. The first-order chi connectivity index (χ1) is 8.25. The average Bonchev–Trinajstić information content (AvgIpc) is 2.37. The number of alkyl halides is 1. The largest absolute Gasteiger partial charge is 0.341 e. The van der Waals surface area contributed by atoms with Crippen molar-refractivity contribution in [1.29, 1.82) is 0 Å². The number of nitrogens with zero attached hydrogens (tertiary/aromatic N) is 1. The molecule has 1 heterocycles. The predicted molar refractivity (Wildman–Crippen MR) is 70.2 cm³/mol. The quantitative estimate of drug-likeness (QED) is 0.757. The number of rotatable bonds is 3. The maximum atomic E-state index is 12.0. The smallest absolute Gasteiger partial charge is 0.222 e. The molecule has 92 valence electrons. The van der Waals surface area contributed by atoms with Crippen molar-refractivity contribution in [3.05, 3.63) is 35.9 Å². The number of hydrogen-bond donors (Lipinski definition) is 0. The van der Waals surface area contributed by atoms with E-state index in [9.17, 15) is 4.79 Å². The molecule has 0 bridgehead atoms. The van der Waals surface area contributed by atoms with E-state index in [0.29, 0.717) is 6.42 Å². The molecule has 1 aliphatic heterocycles. The fourth-order valence-corrected chi connectivity index (χ4v) is 2.53. The van der Waals surface area contributed by atoms with Crippen molar-refractivity contribution in [2.75, 3.05) is 13.1 Å². The van der Waals surface area contributed by atoms with Crippen molar-refractivity contribution in [2.24, 2.45) is 0 Å². The Morgan fingerprint density at radius 2 is 2.12 bits per heavy atom. The topological polar surface area (TPSA) is 20.3 Å². The maximum Gasteiger partial charge on any atom is 0.222 e. The summed E-state index contributed by atoms with van der Waals surface area (Å²) in [6, 6.07) is 10.1. The summed E-state index contributed by atoms with van der Waals surface area (Å²) in [5, 5.41) is 0.143. The zero-order chi connectivity index (χ0) is 12.1. The molecule has 1 saturated heterocycles. The third-order valence-corrected chi connectivity index (χ3v) is 3.54. The van der Waals surface area contributed by atoms with Gasteiger partial charge in [-0.3, -0.25) is 4.79 Å². The van der Waals surface area contributed by atoms with E-state index in [1.807, 2.05) is 23.1 Å². The van der Waals surface area contributed by atoms with Crippen molar-refractivity contribution in [2.45, 2.75) is 31.1 Å². The van der Waals surface area contributed by atoms with Crippen LogP contribution in [0.5, 0.6) is 0 Å². The number of carbonyl (C=O) groups is 1. The number of benzene rings is 1. The van der Waals surface area contributed by atoms with Crippen LogP contribution in [0.4, 0.5) is 0 Å². The van der Waals surface area contributed by atoms with E-state index in [1.165, 1.54) is 5.56 Å². The van der Waals surface area contributed by atoms with E-state index in [-0.39, 0.29) is 11.3 Å². The first-order valence-corrected chi connectivity index (χ1v) is 6.65. The number of piperidine rings is 1. The molecule has 1 amide bonds. The summed E-state index contributed by atoms with van der Waals surface area (Å²) in [7, 11) is 0. The molecule has 0 aromatic heterocycles. The third kappa shape index (κ3) is 3.74. The fourth-order valence-electron chi connectivity index (χ4n) is 2.21. The van der Waals surface area contributed by atoms with Crippen LogP contribution in [-0.4, -0.2) is 29.3 Å². The summed E-state index contributed by atoms with van der Waals surface area (Å²) < 4.78 is 0. The zero-order valence-electron chi connectivity index (χ0n) is 9.94. The number of amides is 1. The average molecular weight is 252 g/mol. The van der Waals surface area contributed by atoms with Crippen molar-refractivity contribution in [1.82, 2.24) is 4.90 Å². The Hall–Kier alpha value is -1.02. The molecule has 0 aliphatic carbocycles. The van der Waals surface area contributed by atoms with Crippen LogP contribution < -0.4 is 0 Å². The van der Waals surface area contributed by atoms with Gasteiger partial charge < -0.3 is 4.90 Å². The van der Waals surface area contributed by atoms with Crippen LogP contribution in [0.15, 0.2) is 30.3 Å². The van der Waals surface area contributed by atoms with Crippen LogP contribution in [0.25, 0.3) is 0 Å². The van der Waals surface area contributed by atoms with E-state index in [1.54, 1.807) is 0 Å². The molecule has 3 heteroatoms. The maximum absolute atomic E-state index is 12.0. The second-order valence-corrected chi connectivity index (χ2v) is 5.18. The van der Waals surface area contributed by atoms with Gasteiger partial charge in [-0.1, -0.05) is 30.3 Å². The van der Waals surface area contributed by atoms with Gasteiger partial charge in [0.25, 0.3) is 0 Å². The lowest BCUT2D eigenvalue weighted by Gasteiger charge is -2.29. The number of halogens is 1. The number of carbonyl (C=O) groups excluding carboxylic acids is 1. The highest BCUT2D eigenvalue weighted by Gasteiger charge is 2.21. The lowest BCUT2D eigenvalue weighted by atomic mass is 10.1. The molecule has 2 rings (SSSR count). The van der Waals surface area contributed by atoms with Crippen molar-refractivity contribution < 1.29 is 4.79 Å². The van der Waals surface area contributed by atoms with Crippen LogP contribution in [0.3, 0.4) is 0 Å². The molecule has 0 radical (unpaired) electrons. The van der Waals surface area contributed by atoms with Gasteiger partial charge >= 0.3 is 0 Å². The van der Waals surface area contributed by atoms with Crippen molar-refractivity contribution in [3.8, 4) is 0 Å². The lowest BCUT2D eigenvalue weighted by Crippen LogP contribution is -2.40. The third-order valence-electron chi connectivity index (χ3n) is 3.19. The molecule has 0 saturated carbocycles. The van der Waals surface area contributed by atoms with Gasteiger partial charge in [0.15, 0.2) is 0 Å². The molecule has 17 heavy (non-hydrogen) atoms. The molecule has 2 nitrogen and oxygen atoms in total. The van der Waals surface area contributed by atoms with Gasteiger partial charge in [0.1, 0.15) is 0 Å². The first kappa shape index (κ1) is 12.4. The summed E-state index contributed by atoms with van der Waals surface area (Å²) in [5.41, 5.74) is 1.22. The SMILES string of the molecule is O=C(CCc1ccccc1)N1CCCC(Cl)C1. The Bertz CT molecular complexity index is 366. The molecule has 1 aliphatic rings. The molecular weight excluding hydrogens is 234 g/mol. The summed E-state index contributed by atoms with van der Waals surface area (Å²) in [5.74, 6) is 0.235. The second-order valence-electron chi connectivity index (χ2n) is 4.56. The summed E-state index contributed by atoms with van der Waals surface area (Å²) in [6.45, 7) is 1.59. The van der Waals surface area contributed by atoms with Crippen molar-refractivity contribution >= 4 is 17.5 Å². The minimum Gasteiger partial charge on any atom is -0.341 e. The van der Waals surface area contributed by atoms with Gasteiger partial charge in [-0.2, -0.15) is 0 Å². The Balaban J connectivity index is 1.81. The Morgan fingerprint density at radius 1 is 1.35 bits per heavy atom. The summed E-state index contributed by atoms with van der Waals surface area (Å²) >= 11 is 6.08. The van der Waals surface area contributed by atoms with Gasteiger partial charge in [-0.05, 0) is 24.8 Å². The standard InChI is InChI=1S/C14H18ClNO/c15-13-7-4-10-16(11-13)14(17)9-8-12-5-2-1-3-6-12/h1-3,5-6,13H,4,7-11H2. The highest BCUT2D eigenvalue weighted by atomic mass is 35.5. The van der Waals surface area contributed by atoms with Gasteiger partial charge in [0.05, 0.1) is 5.38 Å². The molecular formula is C14H18ClNO. The molecule has 1 atom stereocenters. The minimum atomic E-state index is 0.143. The van der Waals surface area contributed by atoms with Crippen LogP contribution in [0.2, 0.25) is 0 Å². The molecule has 0 N–H and O–H groups in total. The monoisotopic (exact) mass is 251 g/mol. The summed E-state index contributed by atoms with van der Waals surface area (Å²) in [6.07, 6.45) is 3.48. The van der Waals surface area contributed by atoms with Gasteiger partial charge in [0.2, 0.25) is 5.91 Å². The van der Waals surface area contributed by atoms with E-state index < -0.39 is 0 Å². The van der Waals surface area contributed by atoms with Gasteiger partial charge in [0, 0.05) is 19.5 Å². The van der Waals surface area contributed by atoms with Crippen molar-refractivity contribution in [3.63, 3.8) is 0 Å². The van der Waals surface area contributed by atoms with E-state index >= 15 is 0 Å². The molecule has 1 aromatic carbocycles. The number of aryl methyl sites for hydroxylation is 1. The Kier molecular flexibility index (Phi) is 4.43. The summed E-state index contributed by atoms with van der Waals surface area (Å²) in [4.78, 5) is 13.9. The normalized spacial score (nSPS) is 20.3. The second kappa shape index (κ2) is 6.06. The fraction of sp³-hybridized carbons (Fsp3) is 0.500. The van der Waals surface area contributed by atoms with Crippen LogP contribution in [0.1, 0.15) is 24.8 Å². The highest BCUT2D eigenvalue weighted by Crippen LogP contribution is 2.16. The predicted octanol–water partition coefficient (Wildman–Crippen LogP) is 2.85. The van der Waals surface area contributed by atoms with Crippen LogP contribution in [0, 0.1) is 0 Å².